The Balaban J connectivity index is 3.85. The van der Waals surface area contributed by atoms with E-state index >= 15 is 0 Å². The van der Waals surface area contributed by atoms with E-state index in [0.29, 0.717) is 39.0 Å². The lowest BCUT2D eigenvalue weighted by Gasteiger charge is -2.34. The van der Waals surface area contributed by atoms with Gasteiger partial charge in [0.1, 0.15) is 0 Å². The molecule has 0 aromatic heterocycles. The Morgan fingerprint density at radius 1 is 0.590 bits per heavy atom. The van der Waals surface area contributed by atoms with Gasteiger partial charge in [0.25, 0.3) is 0 Å². The van der Waals surface area contributed by atoms with E-state index in [4.69, 9.17) is 4.12 Å². The molecule has 2 N–H and O–H groups in total. The van der Waals surface area contributed by atoms with Crippen molar-refractivity contribution in [3.05, 3.63) is 0 Å². The predicted octanol–water partition coefficient (Wildman–Crippen LogP) is 5.78. The van der Waals surface area contributed by atoms with Crippen molar-refractivity contribution in [3.63, 3.8) is 0 Å². The number of aliphatic imine (C=N–C) groups is 2. The molecular weight excluding hydrogens is 529 g/mol. The third-order valence-electron chi connectivity index (χ3n) is 6.58. The molecule has 0 aromatic rings. The summed E-state index contributed by atoms with van der Waals surface area (Å²) in [5.41, 5.74) is 0. The number of nitrogens with zero attached hydrogens (tertiary/aromatic N) is 2. The van der Waals surface area contributed by atoms with Crippen LogP contribution >= 0.6 is 0 Å². The van der Waals surface area contributed by atoms with Gasteiger partial charge in [0.05, 0.1) is 13.1 Å². The van der Waals surface area contributed by atoms with Gasteiger partial charge in [0, 0.05) is 25.9 Å². The van der Waals surface area contributed by atoms with Crippen molar-refractivity contribution < 1.29 is 23.3 Å². The fraction of sp³-hybridized carbons (Fsp3) is 0.857. The van der Waals surface area contributed by atoms with E-state index in [1.165, 1.54) is 0 Å². The molecular formula is C28H54N4O5Si2. The van der Waals surface area contributed by atoms with Crippen LogP contribution in [0, 0.1) is 0 Å². The van der Waals surface area contributed by atoms with E-state index in [-0.39, 0.29) is 11.8 Å². The van der Waals surface area contributed by atoms with Crippen LogP contribution in [-0.4, -0.2) is 66.8 Å². The molecule has 0 rings (SSSR count). The minimum Gasteiger partial charge on any atom is -0.455 e. The number of carbonyl (C=O) groups excluding carboxylic acids is 4. The van der Waals surface area contributed by atoms with Gasteiger partial charge >= 0.3 is 0 Å². The second kappa shape index (κ2) is 23.9. The monoisotopic (exact) mass is 582 g/mol. The SMILES string of the molecule is C[Si](C)(CCCCC(=O)NCCCCCCN=C=O)O[Si](C)(C)CCCCC(=O)NCCCCCCN=C=O. The number of hydrogen-bond acceptors (Lipinski definition) is 7. The summed E-state index contributed by atoms with van der Waals surface area (Å²) < 4.78 is 6.71. The first-order valence-electron chi connectivity index (χ1n) is 14.9. The molecule has 224 valence electrons. The summed E-state index contributed by atoms with van der Waals surface area (Å²) in [6.45, 7) is 11.6. The van der Waals surface area contributed by atoms with Crippen LogP contribution in [-0.2, 0) is 23.3 Å². The van der Waals surface area contributed by atoms with E-state index < -0.39 is 16.6 Å². The number of hydrogen-bond donors (Lipinski definition) is 2. The van der Waals surface area contributed by atoms with Crippen LogP contribution in [0.15, 0.2) is 9.98 Å². The van der Waals surface area contributed by atoms with Gasteiger partial charge in [-0.2, -0.15) is 0 Å². The number of nitrogens with one attached hydrogen (secondary N) is 2. The Morgan fingerprint density at radius 3 is 1.36 bits per heavy atom. The van der Waals surface area contributed by atoms with Gasteiger partial charge in [0.2, 0.25) is 24.0 Å². The van der Waals surface area contributed by atoms with Crippen LogP contribution in [0.4, 0.5) is 0 Å². The maximum atomic E-state index is 12.1. The van der Waals surface area contributed by atoms with E-state index in [0.717, 1.165) is 89.1 Å². The highest BCUT2D eigenvalue weighted by molar-refractivity contribution is 6.84. The van der Waals surface area contributed by atoms with Gasteiger partial charge < -0.3 is 14.7 Å². The lowest BCUT2D eigenvalue weighted by molar-refractivity contribution is -0.122. The zero-order chi connectivity index (χ0) is 29.2. The molecule has 0 aliphatic rings. The number of rotatable bonds is 26. The Labute approximate surface area is 238 Å². The average Bonchev–Trinajstić information content (AvgIpc) is 2.87. The Kier molecular flexibility index (Phi) is 22.8. The maximum Gasteiger partial charge on any atom is 0.234 e. The molecule has 9 nitrogen and oxygen atoms in total. The Morgan fingerprint density at radius 2 is 0.974 bits per heavy atom. The molecule has 11 heteroatoms. The summed E-state index contributed by atoms with van der Waals surface area (Å²) in [5, 5.41) is 6.00. The molecule has 0 saturated carbocycles. The Bertz CT molecular complexity index is 705. The van der Waals surface area contributed by atoms with E-state index in [9.17, 15) is 19.2 Å². The number of isocyanates is 2. The first-order valence-corrected chi connectivity index (χ1v) is 21.2. The Hall–Kier alpha value is -1.91. The van der Waals surface area contributed by atoms with Gasteiger partial charge in [-0.1, -0.05) is 38.5 Å². The highest BCUT2D eigenvalue weighted by atomic mass is 28.4. The van der Waals surface area contributed by atoms with Crippen molar-refractivity contribution in [1.82, 2.24) is 10.6 Å². The molecule has 0 unspecified atom stereocenters. The van der Waals surface area contributed by atoms with Gasteiger partial charge in [0.15, 0.2) is 16.6 Å². The fourth-order valence-electron chi connectivity index (χ4n) is 4.59. The van der Waals surface area contributed by atoms with Gasteiger partial charge in [-0.25, -0.2) is 19.6 Å². The molecule has 0 saturated heterocycles. The largest absolute Gasteiger partial charge is 0.455 e. The first-order chi connectivity index (χ1) is 18.6. The predicted molar refractivity (Wildman–Crippen MR) is 162 cm³/mol. The van der Waals surface area contributed by atoms with Gasteiger partial charge in [-0.3, -0.25) is 9.59 Å². The standard InChI is InChI=1S/C28H54N4O5Si2/c1-38(2,23-15-9-17-27(35)31-21-13-7-5-11-19-29-25-33)37-39(3,4)24-16-10-18-28(36)32-22-14-8-6-12-20-30-26-34/h5-24H2,1-4H3,(H,31,35)(H,32,36). The molecule has 0 aliphatic carbocycles. The summed E-state index contributed by atoms with van der Waals surface area (Å²) in [6, 6.07) is 2.12. The lowest BCUT2D eigenvalue weighted by Crippen LogP contribution is -2.44. The normalized spacial score (nSPS) is 11.4. The van der Waals surface area contributed by atoms with Crippen LogP contribution in [0.25, 0.3) is 0 Å². The minimum atomic E-state index is -1.79. The highest BCUT2D eigenvalue weighted by Gasteiger charge is 2.32. The topological polar surface area (TPSA) is 126 Å². The molecule has 0 aliphatic heterocycles. The van der Waals surface area contributed by atoms with E-state index in [1.807, 2.05) is 0 Å². The fourth-order valence-corrected chi connectivity index (χ4v) is 13.6. The molecule has 0 heterocycles. The molecule has 0 aromatic carbocycles. The smallest absolute Gasteiger partial charge is 0.234 e. The van der Waals surface area contributed by atoms with Crippen molar-refractivity contribution >= 4 is 40.6 Å². The zero-order valence-corrected chi connectivity index (χ0v) is 27.1. The lowest BCUT2D eigenvalue weighted by atomic mass is 10.2. The van der Waals surface area contributed by atoms with Crippen LogP contribution in [0.2, 0.25) is 38.3 Å². The second-order valence-electron chi connectivity index (χ2n) is 11.5. The van der Waals surface area contributed by atoms with Crippen LogP contribution in [0.5, 0.6) is 0 Å². The van der Waals surface area contributed by atoms with Gasteiger partial charge in [-0.15, -0.1) is 0 Å². The van der Waals surface area contributed by atoms with Crippen molar-refractivity contribution in [1.29, 1.82) is 0 Å². The third kappa shape index (κ3) is 26.1. The summed E-state index contributed by atoms with van der Waals surface area (Å²) in [4.78, 5) is 51.2. The number of amides is 2. The van der Waals surface area contributed by atoms with Crippen LogP contribution < -0.4 is 10.6 Å². The van der Waals surface area contributed by atoms with Crippen molar-refractivity contribution in [2.45, 2.75) is 128 Å². The van der Waals surface area contributed by atoms with Crippen LogP contribution in [0.1, 0.15) is 89.9 Å². The molecule has 0 radical (unpaired) electrons. The molecule has 0 fully saturated rings. The molecule has 2 amide bonds. The number of unbranched alkanes of at least 4 members (excludes halogenated alkanes) is 8. The van der Waals surface area contributed by atoms with Crippen LogP contribution in [0.3, 0.4) is 0 Å². The minimum absolute atomic E-state index is 0.126. The molecule has 0 atom stereocenters. The summed E-state index contributed by atoms with van der Waals surface area (Å²) in [5.74, 6) is 0.252. The van der Waals surface area contributed by atoms with Crippen molar-refractivity contribution in [2.24, 2.45) is 9.98 Å². The van der Waals surface area contributed by atoms with Crippen molar-refractivity contribution in [3.8, 4) is 0 Å². The highest BCUT2D eigenvalue weighted by Crippen LogP contribution is 2.25. The molecule has 0 bridgehead atoms. The number of carbonyl (C=O) groups is 2. The van der Waals surface area contributed by atoms with E-state index in [1.54, 1.807) is 12.2 Å². The van der Waals surface area contributed by atoms with Gasteiger partial charge in [-0.05, 0) is 76.8 Å². The summed E-state index contributed by atoms with van der Waals surface area (Å²) in [7, 11) is -3.57. The average molecular weight is 583 g/mol. The maximum absolute atomic E-state index is 12.1. The summed E-state index contributed by atoms with van der Waals surface area (Å²) in [6.07, 6.45) is 15.8. The summed E-state index contributed by atoms with van der Waals surface area (Å²) >= 11 is 0. The van der Waals surface area contributed by atoms with E-state index in [2.05, 4.69) is 46.8 Å². The molecule has 39 heavy (non-hydrogen) atoms. The molecule has 0 spiro atoms. The quantitative estimate of drug-likeness (QED) is 0.0579. The second-order valence-corrected chi connectivity index (χ2v) is 20.4. The first kappa shape index (κ1) is 37.1. The van der Waals surface area contributed by atoms with Crippen molar-refractivity contribution in [2.75, 3.05) is 26.2 Å². The third-order valence-corrected chi connectivity index (χ3v) is 14.1. The zero-order valence-electron chi connectivity index (χ0n) is 25.1.